The molecule has 0 aromatic rings. The minimum absolute atomic E-state index is 0.0423. The standard InChI is InChI=1S/C15H23NO4/c1-2-20-14(17)3-4-15(16(18)19)12-6-10-5-11(8-12)9-13(15)7-10/h10-13H,2-9H2,1H3. The smallest absolute Gasteiger partial charge is 0.306 e. The van der Waals surface area contributed by atoms with Crippen molar-refractivity contribution in [1.29, 1.82) is 0 Å². The third-order valence-corrected chi connectivity index (χ3v) is 5.93. The molecule has 0 N–H and O–H groups in total. The van der Waals surface area contributed by atoms with Gasteiger partial charge in [-0.2, -0.15) is 0 Å². The second-order valence-corrected chi connectivity index (χ2v) is 6.86. The van der Waals surface area contributed by atoms with E-state index in [0.717, 1.165) is 25.7 Å². The van der Waals surface area contributed by atoms with Crippen molar-refractivity contribution in [1.82, 2.24) is 0 Å². The van der Waals surface area contributed by atoms with Crippen LogP contribution in [0.15, 0.2) is 0 Å². The van der Waals surface area contributed by atoms with E-state index in [1.165, 1.54) is 6.42 Å². The third-order valence-electron chi connectivity index (χ3n) is 5.93. The van der Waals surface area contributed by atoms with Crippen molar-refractivity contribution in [3.05, 3.63) is 10.1 Å². The van der Waals surface area contributed by atoms with Crippen LogP contribution < -0.4 is 0 Å². The van der Waals surface area contributed by atoms with Gasteiger partial charge in [0.25, 0.3) is 0 Å². The van der Waals surface area contributed by atoms with Gasteiger partial charge in [0.1, 0.15) is 0 Å². The van der Waals surface area contributed by atoms with Crippen LogP contribution >= 0.6 is 0 Å². The highest BCUT2D eigenvalue weighted by atomic mass is 16.6. The van der Waals surface area contributed by atoms with Crippen LogP contribution in [-0.2, 0) is 9.53 Å². The van der Waals surface area contributed by atoms with Gasteiger partial charge in [-0.05, 0) is 50.9 Å². The van der Waals surface area contributed by atoms with E-state index in [1.54, 1.807) is 6.92 Å². The summed E-state index contributed by atoms with van der Waals surface area (Å²) in [6, 6.07) is 0. The molecule has 0 radical (unpaired) electrons. The molecule has 0 aliphatic heterocycles. The minimum Gasteiger partial charge on any atom is -0.466 e. The molecule has 0 heterocycles. The SMILES string of the molecule is CCOC(=O)CCC1([N+](=O)[O-])C2CC3CC(C2)CC1C3. The zero-order chi connectivity index (χ0) is 14.3. The van der Waals surface area contributed by atoms with Crippen molar-refractivity contribution in [3.8, 4) is 0 Å². The number of ether oxygens (including phenoxy) is 1. The summed E-state index contributed by atoms with van der Waals surface area (Å²) in [5, 5.41) is 11.8. The van der Waals surface area contributed by atoms with Crippen molar-refractivity contribution in [2.24, 2.45) is 23.7 Å². The van der Waals surface area contributed by atoms with Crippen LogP contribution in [-0.4, -0.2) is 23.0 Å². The van der Waals surface area contributed by atoms with Crippen molar-refractivity contribution < 1.29 is 14.5 Å². The molecule has 4 fully saturated rings. The molecule has 4 bridgehead atoms. The maximum Gasteiger partial charge on any atom is 0.306 e. The van der Waals surface area contributed by atoms with E-state index in [2.05, 4.69) is 0 Å². The van der Waals surface area contributed by atoms with Crippen molar-refractivity contribution in [2.75, 3.05) is 6.61 Å². The first-order valence-corrected chi connectivity index (χ1v) is 7.86. The van der Waals surface area contributed by atoms with Crippen LogP contribution in [0.1, 0.15) is 51.9 Å². The molecular weight excluding hydrogens is 258 g/mol. The van der Waals surface area contributed by atoms with Crippen LogP contribution in [0.3, 0.4) is 0 Å². The molecule has 0 saturated heterocycles. The van der Waals surface area contributed by atoms with Gasteiger partial charge in [0.2, 0.25) is 5.54 Å². The highest BCUT2D eigenvalue weighted by Crippen LogP contribution is 2.60. The highest BCUT2D eigenvalue weighted by Gasteiger charge is 2.64. The molecule has 5 heteroatoms. The molecule has 0 aromatic heterocycles. The Morgan fingerprint density at radius 2 is 1.75 bits per heavy atom. The molecular formula is C15H23NO4. The number of nitrogens with zero attached hydrogens (tertiary/aromatic N) is 1. The van der Waals surface area contributed by atoms with Gasteiger partial charge in [-0.25, -0.2) is 0 Å². The lowest BCUT2D eigenvalue weighted by Gasteiger charge is -2.56. The molecule has 4 aliphatic carbocycles. The molecule has 4 rings (SSSR count). The zero-order valence-corrected chi connectivity index (χ0v) is 12.0. The summed E-state index contributed by atoms with van der Waals surface area (Å²) in [6.45, 7) is 2.12. The molecule has 0 atom stereocenters. The Bertz CT molecular complexity index is 392. The lowest BCUT2D eigenvalue weighted by Crippen LogP contribution is -2.61. The summed E-state index contributed by atoms with van der Waals surface area (Å²) in [6.07, 6.45) is 5.82. The lowest BCUT2D eigenvalue weighted by molar-refractivity contribution is -0.605. The summed E-state index contributed by atoms with van der Waals surface area (Å²) >= 11 is 0. The van der Waals surface area contributed by atoms with Gasteiger partial charge in [0.15, 0.2) is 0 Å². The number of carbonyl (C=O) groups is 1. The molecule has 0 spiro atoms. The van der Waals surface area contributed by atoms with Crippen LogP contribution in [0.5, 0.6) is 0 Å². The zero-order valence-electron chi connectivity index (χ0n) is 12.0. The largest absolute Gasteiger partial charge is 0.466 e. The minimum atomic E-state index is -0.847. The Hall–Kier alpha value is -1.13. The molecule has 0 aromatic carbocycles. The predicted octanol–water partition coefficient (Wildman–Crippen LogP) is 2.80. The molecule has 4 aliphatic rings. The fourth-order valence-corrected chi connectivity index (χ4v) is 5.33. The predicted molar refractivity (Wildman–Crippen MR) is 72.6 cm³/mol. The molecule has 5 nitrogen and oxygen atoms in total. The van der Waals surface area contributed by atoms with Crippen LogP contribution in [0.2, 0.25) is 0 Å². The number of hydrogen-bond donors (Lipinski definition) is 0. The van der Waals surface area contributed by atoms with Gasteiger partial charge >= 0.3 is 5.97 Å². The van der Waals surface area contributed by atoms with Crippen molar-refractivity contribution in [3.63, 3.8) is 0 Å². The Morgan fingerprint density at radius 1 is 1.20 bits per heavy atom. The first-order chi connectivity index (χ1) is 9.56. The summed E-state index contributed by atoms with van der Waals surface area (Å²) in [7, 11) is 0. The maximum atomic E-state index is 11.8. The molecule has 4 saturated carbocycles. The van der Waals surface area contributed by atoms with Crippen LogP contribution in [0, 0.1) is 33.8 Å². The van der Waals surface area contributed by atoms with Gasteiger partial charge in [-0.1, -0.05) is 0 Å². The van der Waals surface area contributed by atoms with Crippen LogP contribution in [0.4, 0.5) is 0 Å². The van der Waals surface area contributed by atoms with E-state index >= 15 is 0 Å². The molecule has 112 valence electrons. The topological polar surface area (TPSA) is 69.4 Å². The Kier molecular flexibility index (Phi) is 3.46. The Morgan fingerprint density at radius 3 is 2.20 bits per heavy atom. The monoisotopic (exact) mass is 281 g/mol. The first-order valence-electron chi connectivity index (χ1n) is 7.86. The summed E-state index contributed by atoms with van der Waals surface area (Å²) in [5.74, 6) is 1.48. The third kappa shape index (κ3) is 2.02. The average molecular weight is 281 g/mol. The summed E-state index contributed by atoms with van der Waals surface area (Å²) in [4.78, 5) is 23.4. The fraction of sp³-hybridized carbons (Fsp3) is 0.933. The number of carbonyl (C=O) groups excluding carboxylic acids is 1. The average Bonchev–Trinajstić information content (AvgIpc) is 2.37. The summed E-state index contributed by atoms with van der Waals surface area (Å²) in [5.41, 5.74) is -0.847. The van der Waals surface area contributed by atoms with Gasteiger partial charge in [0.05, 0.1) is 13.0 Å². The number of rotatable bonds is 5. The van der Waals surface area contributed by atoms with E-state index in [9.17, 15) is 14.9 Å². The van der Waals surface area contributed by atoms with Crippen molar-refractivity contribution in [2.45, 2.75) is 57.4 Å². The molecule has 0 unspecified atom stereocenters. The van der Waals surface area contributed by atoms with Crippen molar-refractivity contribution >= 4 is 5.97 Å². The van der Waals surface area contributed by atoms with E-state index < -0.39 is 5.54 Å². The quantitative estimate of drug-likeness (QED) is 0.441. The fourth-order valence-electron chi connectivity index (χ4n) is 5.33. The molecule has 20 heavy (non-hydrogen) atoms. The highest BCUT2D eigenvalue weighted by molar-refractivity contribution is 5.69. The second-order valence-electron chi connectivity index (χ2n) is 6.86. The normalized spacial score (nSPS) is 41.6. The van der Waals surface area contributed by atoms with Crippen LogP contribution in [0.25, 0.3) is 0 Å². The van der Waals surface area contributed by atoms with Gasteiger partial charge in [-0.15, -0.1) is 0 Å². The van der Waals surface area contributed by atoms with Gasteiger partial charge in [0, 0.05) is 23.2 Å². The van der Waals surface area contributed by atoms with Gasteiger partial charge < -0.3 is 4.74 Å². The second kappa shape index (κ2) is 5.01. The first kappa shape index (κ1) is 13.8. The van der Waals surface area contributed by atoms with E-state index in [0.29, 0.717) is 24.9 Å². The van der Waals surface area contributed by atoms with E-state index in [4.69, 9.17) is 4.74 Å². The number of hydrogen-bond acceptors (Lipinski definition) is 4. The van der Waals surface area contributed by atoms with Gasteiger partial charge in [-0.3, -0.25) is 14.9 Å². The Labute approximate surface area is 119 Å². The summed E-state index contributed by atoms with van der Waals surface area (Å²) < 4.78 is 4.95. The van der Waals surface area contributed by atoms with E-state index in [-0.39, 0.29) is 29.1 Å². The maximum absolute atomic E-state index is 11.8. The van der Waals surface area contributed by atoms with E-state index in [1.807, 2.05) is 0 Å². The Balaban J connectivity index is 1.78. The number of esters is 1. The number of nitro groups is 1. The molecule has 0 amide bonds. The lowest BCUT2D eigenvalue weighted by atomic mass is 9.48.